The lowest BCUT2D eigenvalue weighted by Gasteiger charge is -2.21. The van der Waals surface area contributed by atoms with Gasteiger partial charge in [-0.25, -0.2) is 0 Å². The Hall–Kier alpha value is -1.59. The molecule has 2 rings (SSSR count). The summed E-state index contributed by atoms with van der Waals surface area (Å²) in [7, 11) is 0. The number of hydrogen-bond donors (Lipinski definition) is 1. The van der Waals surface area contributed by atoms with Crippen molar-refractivity contribution in [1.82, 2.24) is 0 Å². The summed E-state index contributed by atoms with van der Waals surface area (Å²) >= 11 is 0. The third kappa shape index (κ3) is 3.00. The van der Waals surface area contributed by atoms with Crippen LogP contribution < -0.4 is 9.64 Å². The molecule has 18 heavy (non-hydrogen) atoms. The molecule has 1 aliphatic heterocycles. The second-order valence-electron chi connectivity index (χ2n) is 3.95. The molecule has 1 aliphatic rings. The number of hydrogen-bond acceptors (Lipinski definition) is 4. The Morgan fingerprint density at radius 3 is 3.00 bits per heavy atom. The summed E-state index contributed by atoms with van der Waals surface area (Å²) in [6.07, 6.45) is 0.370. The summed E-state index contributed by atoms with van der Waals surface area (Å²) in [4.78, 5) is 13.7. The van der Waals surface area contributed by atoms with E-state index in [0.717, 1.165) is 11.4 Å². The van der Waals surface area contributed by atoms with Crippen LogP contribution in [-0.2, 0) is 9.53 Å². The highest BCUT2D eigenvalue weighted by molar-refractivity contribution is 5.95. The second kappa shape index (κ2) is 6.37. The third-order valence-electron chi connectivity index (χ3n) is 2.73. The van der Waals surface area contributed by atoms with Crippen molar-refractivity contribution in [2.24, 2.45) is 0 Å². The van der Waals surface area contributed by atoms with Crippen LogP contribution in [0.1, 0.15) is 6.42 Å². The van der Waals surface area contributed by atoms with E-state index >= 15 is 0 Å². The lowest BCUT2D eigenvalue weighted by Crippen LogP contribution is -2.33. The summed E-state index contributed by atoms with van der Waals surface area (Å²) < 4.78 is 10.7. The monoisotopic (exact) mass is 251 g/mol. The molecule has 1 N–H and O–H groups in total. The first kappa shape index (κ1) is 12.9. The molecule has 98 valence electrons. The highest BCUT2D eigenvalue weighted by Gasteiger charge is 2.22. The van der Waals surface area contributed by atoms with E-state index < -0.39 is 0 Å². The fraction of sp³-hybridized carbons (Fsp3) is 0.462. The lowest BCUT2D eigenvalue weighted by atomic mass is 10.2. The molecular formula is C13H17NO4. The number of carbonyl (C=O) groups excluding carboxylic acids is 1. The molecule has 0 saturated heterocycles. The minimum atomic E-state index is -0.00631. The van der Waals surface area contributed by atoms with E-state index in [2.05, 4.69) is 0 Å². The first-order chi connectivity index (χ1) is 8.83. The van der Waals surface area contributed by atoms with Crippen LogP contribution in [0, 0.1) is 0 Å². The second-order valence-corrected chi connectivity index (χ2v) is 3.95. The van der Waals surface area contributed by atoms with E-state index in [1.165, 1.54) is 0 Å². The number of rotatable bonds is 5. The van der Waals surface area contributed by atoms with Gasteiger partial charge < -0.3 is 19.5 Å². The average molecular weight is 251 g/mol. The maximum Gasteiger partial charge on any atom is 0.230 e. The van der Waals surface area contributed by atoms with Crippen LogP contribution in [0.4, 0.5) is 5.69 Å². The zero-order valence-electron chi connectivity index (χ0n) is 10.2. The summed E-state index contributed by atoms with van der Waals surface area (Å²) in [5.41, 5.74) is 0.785. The fourth-order valence-electron chi connectivity index (χ4n) is 1.89. The molecule has 0 fully saturated rings. The number of nitrogens with zero attached hydrogens (tertiary/aromatic N) is 1. The number of benzene rings is 1. The van der Waals surface area contributed by atoms with Crippen molar-refractivity contribution in [3.8, 4) is 5.75 Å². The van der Waals surface area contributed by atoms with Gasteiger partial charge in [-0.1, -0.05) is 12.1 Å². The number of fused-ring (bicyclic) bond motifs is 1. The Bertz CT molecular complexity index is 408. The van der Waals surface area contributed by atoms with E-state index in [-0.39, 0.29) is 12.5 Å². The van der Waals surface area contributed by atoms with Crippen LogP contribution in [0.15, 0.2) is 24.3 Å². The molecule has 0 aromatic heterocycles. The molecule has 0 unspecified atom stereocenters. The molecule has 0 radical (unpaired) electrons. The summed E-state index contributed by atoms with van der Waals surface area (Å²) in [6, 6.07) is 7.48. The van der Waals surface area contributed by atoms with Crippen molar-refractivity contribution < 1.29 is 19.4 Å². The zero-order chi connectivity index (χ0) is 12.8. The zero-order valence-corrected chi connectivity index (χ0v) is 10.2. The number of ether oxygens (including phenoxy) is 2. The van der Waals surface area contributed by atoms with Crippen molar-refractivity contribution in [2.75, 3.05) is 37.9 Å². The molecule has 0 aliphatic carbocycles. The van der Waals surface area contributed by atoms with Gasteiger partial charge in [-0.15, -0.1) is 0 Å². The highest BCUT2D eigenvalue weighted by atomic mass is 16.5. The van der Waals surface area contributed by atoms with Gasteiger partial charge in [0.05, 0.1) is 38.5 Å². The van der Waals surface area contributed by atoms with Gasteiger partial charge >= 0.3 is 0 Å². The molecule has 1 aromatic carbocycles. The van der Waals surface area contributed by atoms with Gasteiger partial charge in [-0.2, -0.15) is 0 Å². The first-order valence-electron chi connectivity index (χ1n) is 6.03. The third-order valence-corrected chi connectivity index (χ3v) is 2.73. The lowest BCUT2D eigenvalue weighted by molar-refractivity contribution is -0.119. The number of aliphatic hydroxyl groups excluding tert-OH is 1. The minimum Gasteiger partial charge on any atom is -0.491 e. The van der Waals surface area contributed by atoms with Crippen molar-refractivity contribution in [3.05, 3.63) is 24.3 Å². The largest absolute Gasteiger partial charge is 0.491 e. The molecule has 1 aromatic rings. The molecule has 5 heteroatoms. The Morgan fingerprint density at radius 2 is 2.17 bits per heavy atom. The van der Waals surface area contributed by atoms with Crippen LogP contribution >= 0.6 is 0 Å². The Kier molecular flexibility index (Phi) is 4.55. The summed E-state index contributed by atoms with van der Waals surface area (Å²) in [6.45, 7) is 1.57. The molecule has 1 amide bonds. The molecular weight excluding hydrogens is 234 g/mol. The SMILES string of the molecule is O=C1CCOc2ccccc2N1CCOCCO. The quantitative estimate of drug-likeness (QED) is 0.787. The van der Waals surface area contributed by atoms with Crippen LogP contribution in [0.2, 0.25) is 0 Å². The number of anilines is 1. The van der Waals surface area contributed by atoms with Crippen LogP contribution in [0.25, 0.3) is 0 Å². The van der Waals surface area contributed by atoms with E-state index in [9.17, 15) is 4.79 Å². The standard InChI is InChI=1S/C13H17NO4/c15-7-10-17-9-6-14-11-3-1-2-4-12(11)18-8-5-13(14)16/h1-4,15H,5-10H2. The molecule has 0 bridgehead atoms. The van der Waals surface area contributed by atoms with Crippen LogP contribution in [0.3, 0.4) is 0 Å². The van der Waals surface area contributed by atoms with Gasteiger partial charge in [0, 0.05) is 6.54 Å². The van der Waals surface area contributed by atoms with Crippen molar-refractivity contribution >= 4 is 11.6 Å². The van der Waals surface area contributed by atoms with Crippen molar-refractivity contribution in [3.63, 3.8) is 0 Å². The van der Waals surface area contributed by atoms with Gasteiger partial charge in [0.15, 0.2) is 0 Å². The predicted octanol–water partition coefficient (Wildman–Crippen LogP) is 0.811. The van der Waals surface area contributed by atoms with Crippen molar-refractivity contribution in [1.29, 1.82) is 0 Å². The molecule has 5 nitrogen and oxygen atoms in total. The van der Waals surface area contributed by atoms with Gasteiger partial charge in [0.2, 0.25) is 5.91 Å². The highest BCUT2D eigenvalue weighted by Crippen LogP contribution is 2.30. The maximum atomic E-state index is 12.0. The Labute approximate surface area is 106 Å². The van der Waals surface area contributed by atoms with Crippen LogP contribution in [0.5, 0.6) is 5.75 Å². The van der Waals surface area contributed by atoms with E-state index in [1.807, 2.05) is 24.3 Å². The average Bonchev–Trinajstić information content (AvgIpc) is 2.54. The molecule has 0 atom stereocenters. The maximum absolute atomic E-state index is 12.0. The molecule has 0 saturated carbocycles. The minimum absolute atomic E-state index is 0.00631. The van der Waals surface area contributed by atoms with Gasteiger partial charge in [0.1, 0.15) is 5.75 Å². The van der Waals surface area contributed by atoms with E-state index in [0.29, 0.717) is 32.8 Å². The van der Waals surface area contributed by atoms with Gasteiger partial charge in [-0.05, 0) is 12.1 Å². The fourth-order valence-corrected chi connectivity index (χ4v) is 1.89. The number of carbonyl (C=O) groups is 1. The van der Waals surface area contributed by atoms with Crippen molar-refractivity contribution in [2.45, 2.75) is 6.42 Å². The van der Waals surface area contributed by atoms with Gasteiger partial charge in [-0.3, -0.25) is 4.79 Å². The summed E-state index contributed by atoms with van der Waals surface area (Å²) in [5, 5.41) is 8.63. The van der Waals surface area contributed by atoms with E-state index in [4.69, 9.17) is 14.6 Å². The smallest absolute Gasteiger partial charge is 0.230 e. The first-order valence-corrected chi connectivity index (χ1v) is 6.03. The van der Waals surface area contributed by atoms with E-state index in [1.54, 1.807) is 4.90 Å². The molecule has 1 heterocycles. The van der Waals surface area contributed by atoms with Crippen LogP contribution in [-0.4, -0.2) is 44.0 Å². The topological polar surface area (TPSA) is 59.0 Å². The normalized spacial score (nSPS) is 14.9. The Morgan fingerprint density at radius 1 is 1.33 bits per heavy atom. The van der Waals surface area contributed by atoms with Gasteiger partial charge in [0.25, 0.3) is 0 Å². The number of aliphatic hydroxyl groups is 1. The Balaban J connectivity index is 2.08. The summed E-state index contributed by atoms with van der Waals surface area (Å²) in [5.74, 6) is 0.762. The number of amides is 1. The predicted molar refractivity (Wildman–Crippen MR) is 66.8 cm³/mol. The molecule has 0 spiro atoms. The number of para-hydroxylation sites is 2.